The lowest BCUT2D eigenvalue weighted by atomic mass is 10.2. The summed E-state index contributed by atoms with van der Waals surface area (Å²) in [5.41, 5.74) is 0.406. The summed E-state index contributed by atoms with van der Waals surface area (Å²) in [6.07, 6.45) is 1.31. The summed E-state index contributed by atoms with van der Waals surface area (Å²) >= 11 is 0. The van der Waals surface area contributed by atoms with E-state index in [1.54, 1.807) is 6.92 Å². The third kappa shape index (κ3) is 4.68. The van der Waals surface area contributed by atoms with Gasteiger partial charge in [-0.1, -0.05) is 0 Å². The SMILES string of the molecule is CCOC(=O)CCCNc1ccc(C=O)cc1[N+](=O)[O-]. The molecule has 0 radical (unpaired) electrons. The third-order valence-corrected chi connectivity index (χ3v) is 2.53. The van der Waals surface area contributed by atoms with Gasteiger partial charge in [-0.2, -0.15) is 0 Å². The monoisotopic (exact) mass is 280 g/mol. The Morgan fingerprint density at radius 3 is 2.85 bits per heavy atom. The van der Waals surface area contributed by atoms with Crippen LogP contribution in [0.25, 0.3) is 0 Å². The van der Waals surface area contributed by atoms with E-state index in [-0.39, 0.29) is 23.6 Å². The molecule has 20 heavy (non-hydrogen) atoms. The van der Waals surface area contributed by atoms with E-state index >= 15 is 0 Å². The number of nitro benzene ring substituents is 1. The van der Waals surface area contributed by atoms with Crippen LogP contribution in [-0.2, 0) is 9.53 Å². The maximum absolute atomic E-state index is 11.1. The highest BCUT2D eigenvalue weighted by Crippen LogP contribution is 2.24. The molecule has 1 aromatic carbocycles. The van der Waals surface area contributed by atoms with Crippen molar-refractivity contribution < 1.29 is 19.2 Å². The summed E-state index contributed by atoms with van der Waals surface area (Å²) < 4.78 is 4.77. The van der Waals surface area contributed by atoms with Gasteiger partial charge < -0.3 is 10.1 Å². The Labute approximate surface area is 116 Å². The van der Waals surface area contributed by atoms with E-state index in [4.69, 9.17) is 4.74 Å². The molecule has 0 saturated heterocycles. The molecule has 7 heteroatoms. The standard InChI is InChI=1S/C13H16N2O5/c1-2-20-13(17)4-3-7-14-11-6-5-10(9-16)8-12(11)15(18)19/h5-6,8-9,14H,2-4,7H2,1H3. The number of hydrogen-bond acceptors (Lipinski definition) is 6. The molecule has 0 amide bonds. The van der Waals surface area contributed by atoms with Crippen LogP contribution in [0.5, 0.6) is 0 Å². The predicted octanol–water partition coefficient (Wildman–Crippen LogP) is 2.16. The molecule has 7 nitrogen and oxygen atoms in total. The van der Waals surface area contributed by atoms with Gasteiger partial charge in [0.25, 0.3) is 5.69 Å². The fraction of sp³-hybridized carbons (Fsp3) is 0.385. The smallest absolute Gasteiger partial charge is 0.305 e. The molecular formula is C13H16N2O5. The van der Waals surface area contributed by atoms with E-state index in [2.05, 4.69) is 5.32 Å². The number of carbonyl (C=O) groups excluding carboxylic acids is 2. The summed E-state index contributed by atoms with van der Waals surface area (Å²) in [5, 5.41) is 13.8. The zero-order chi connectivity index (χ0) is 15.0. The summed E-state index contributed by atoms with van der Waals surface area (Å²) in [7, 11) is 0. The molecule has 0 atom stereocenters. The van der Waals surface area contributed by atoms with Crippen molar-refractivity contribution in [3.05, 3.63) is 33.9 Å². The van der Waals surface area contributed by atoms with Gasteiger partial charge in [-0.3, -0.25) is 19.7 Å². The molecule has 0 aliphatic carbocycles. The predicted molar refractivity (Wildman–Crippen MR) is 72.8 cm³/mol. The second kappa shape index (κ2) is 7.88. The Kier molecular flexibility index (Phi) is 6.15. The zero-order valence-corrected chi connectivity index (χ0v) is 11.1. The number of anilines is 1. The summed E-state index contributed by atoms with van der Waals surface area (Å²) in [6.45, 7) is 2.47. The van der Waals surface area contributed by atoms with Gasteiger partial charge in [0, 0.05) is 24.6 Å². The van der Waals surface area contributed by atoms with Gasteiger partial charge in [0.2, 0.25) is 0 Å². The fourth-order valence-corrected chi connectivity index (χ4v) is 1.61. The topological polar surface area (TPSA) is 98.5 Å². The lowest BCUT2D eigenvalue weighted by Gasteiger charge is -2.07. The number of hydrogen-bond donors (Lipinski definition) is 1. The van der Waals surface area contributed by atoms with Crippen LogP contribution < -0.4 is 5.32 Å². The first kappa shape index (κ1) is 15.6. The van der Waals surface area contributed by atoms with Gasteiger partial charge in [0.05, 0.1) is 11.5 Å². The lowest BCUT2D eigenvalue weighted by Crippen LogP contribution is -2.09. The Balaban J connectivity index is 2.57. The summed E-state index contributed by atoms with van der Waals surface area (Å²) in [5.74, 6) is -0.292. The van der Waals surface area contributed by atoms with Crippen LogP contribution in [0, 0.1) is 10.1 Å². The van der Waals surface area contributed by atoms with Crippen molar-refractivity contribution in [1.29, 1.82) is 0 Å². The van der Waals surface area contributed by atoms with Crippen molar-refractivity contribution in [2.45, 2.75) is 19.8 Å². The second-order valence-electron chi connectivity index (χ2n) is 3.99. The minimum absolute atomic E-state index is 0.161. The maximum atomic E-state index is 11.1. The van der Waals surface area contributed by atoms with E-state index in [1.807, 2.05) is 0 Å². The Bertz CT molecular complexity index is 502. The molecule has 0 aromatic heterocycles. The molecule has 0 aliphatic heterocycles. The van der Waals surface area contributed by atoms with E-state index < -0.39 is 4.92 Å². The zero-order valence-electron chi connectivity index (χ0n) is 11.1. The van der Waals surface area contributed by atoms with Gasteiger partial charge >= 0.3 is 5.97 Å². The van der Waals surface area contributed by atoms with Gasteiger partial charge in [-0.15, -0.1) is 0 Å². The summed E-state index contributed by atoms with van der Waals surface area (Å²) in [4.78, 5) is 32.0. The van der Waals surface area contributed by atoms with E-state index in [0.717, 1.165) is 0 Å². The number of nitrogens with zero attached hydrogens (tertiary/aromatic N) is 1. The molecule has 0 heterocycles. The number of ether oxygens (including phenoxy) is 1. The first-order valence-corrected chi connectivity index (χ1v) is 6.21. The Morgan fingerprint density at radius 2 is 2.25 bits per heavy atom. The minimum Gasteiger partial charge on any atom is -0.466 e. The van der Waals surface area contributed by atoms with Crippen molar-refractivity contribution in [2.24, 2.45) is 0 Å². The van der Waals surface area contributed by atoms with Crippen LogP contribution in [0.15, 0.2) is 18.2 Å². The number of nitrogens with one attached hydrogen (secondary N) is 1. The number of rotatable bonds is 8. The van der Waals surface area contributed by atoms with E-state index in [9.17, 15) is 19.7 Å². The van der Waals surface area contributed by atoms with Gasteiger partial charge in [-0.25, -0.2) is 0 Å². The average Bonchev–Trinajstić information content (AvgIpc) is 2.43. The number of benzene rings is 1. The van der Waals surface area contributed by atoms with Crippen molar-refractivity contribution in [3.8, 4) is 0 Å². The highest BCUT2D eigenvalue weighted by atomic mass is 16.6. The normalized spacial score (nSPS) is 9.85. The number of nitro groups is 1. The molecule has 0 spiro atoms. The van der Waals surface area contributed by atoms with E-state index in [1.165, 1.54) is 18.2 Å². The van der Waals surface area contributed by atoms with Crippen molar-refractivity contribution in [1.82, 2.24) is 0 Å². The van der Waals surface area contributed by atoms with Crippen molar-refractivity contribution in [3.63, 3.8) is 0 Å². The maximum Gasteiger partial charge on any atom is 0.305 e. The van der Waals surface area contributed by atoms with Gasteiger partial charge in [0.15, 0.2) is 0 Å². The third-order valence-electron chi connectivity index (χ3n) is 2.53. The van der Waals surface area contributed by atoms with Crippen LogP contribution in [0.2, 0.25) is 0 Å². The second-order valence-corrected chi connectivity index (χ2v) is 3.99. The van der Waals surface area contributed by atoms with E-state index in [0.29, 0.717) is 31.5 Å². The highest BCUT2D eigenvalue weighted by molar-refractivity contribution is 5.79. The summed E-state index contributed by atoms with van der Waals surface area (Å²) in [6, 6.07) is 4.18. The Hall–Kier alpha value is -2.44. The van der Waals surface area contributed by atoms with Crippen molar-refractivity contribution in [2.75, 3.05) is 18.5 Å². The van der Waals surface area contributed by atoms with Crippen LogP contribution in [0.3, 0.4) is 0 Å². The number of carbonyl (C=O) groups is 2. The van der Waals surface area contributed by atoms with Crippen LogP contribution in [0.4, 0.5) is 11.4 Å². The molecule has 1 rings (SSSR count). The number of esters is 1. The fourth-order valence-electron chi connectivity index (χ4n) is 1.61. The molecule has 0 unspecified atom stereocenters. The highest BCUT2D eigenvalue weighted by Gasteiger charge is 2.14. The molecule has 0 saturated carbocycles. The van der Waals surface area contributed by atoms with Crippen LogP contribution in [0.1, 0.15) is 30.1 Å². The minimum atomic E-state index is -0.555. The number of aldehydes is 1. The largest absolute Gasteiger partial charge is 0.466 e. The average molecular weight is 280 g/mol. The molecule has 0 bridgehead atoms. The van der Waals surface area contributed by atoms with Gasteiger partial charge in [-0.05, 0) is 25.5 Å². The quantitative estimate of drug-likeness (QED) is 0.257. The van der Waals surface area contributed by atoms with Crippen LogP contribution in [-0.4, -0.2) is 30.3 Å². The molecular weight excluding hydrogens is 264 g/mol. The lowest BCUT2D eigenvalue weighted by molar-refractivity contribution is -0.384. The van der Waals surface area contributed by atoms with Gasteiger partial charge in [0.1, 0.15) is 12.0 Å². The van der Waals surface area contributed by atoms with Crippen molar-refractivity contribution >= 4 is 23.6 Å². The molecule has 1 aromatic rings. The first-order chi connectivity index (χ1) is 9.58. The first-order valence-electron chi connectivity index (χ1n) is 6.21. The molecule has 0 aliphatic rings. The molecule has 0 fully saturated rings. The molecule has 1 N–H and O–H groups in total. The Morgan fingerprint density at radius 1 is 1.50 bits per heavy atom. The van der Waals surface area contributed by atoms with Crippen LogP contribution >= 0.6 is 0 Å². The molecule has 108 valence electrons.